The number of carbonyl (C=O) groups is 1. The molecule has 2 aromatic heterocycles. The summed E-state index contributed by atoms with van der Waals surface area (Å²) in [7, 11) is 0. The number of carbonyl (C=O) groups excluding carboxylic acids is 1. The summed E-state index contributed by atoms with van der Waals surface area (Å²) in [5.41, 5.74) is 1.54. The molecule has 6 heteroatoms. The normalized spacial score (nSPS) is 10.3. The summed E-state index contributed by atoms with van der Waals surface area (Å²) in [4.78, 5) is 23.6. The van der Waals surface area contributed by atoms with Gasteiger partial charge in [-0.05, 0) is 13.3 Å². The molecule has 0 saturated heterocycles. The van der Waals surface area contributed by atoms with Gasteiger partial charge in [0.25, 0.3) is 5.91 Å². The molecule has 0 aliphatic heterocycles. The third-order valence-corrected chi connectivity index (χ3v) is 3.37. The molecule has 0 aliphatic carbocycles. The van der Waals surface area contributed by atoms with Crippen molar-refractivity contribution in [2.45, 2.75) is 19.8 Å². The summed E-state index contributed by atoms with van der Waals surface area (Å²) < 4.78 is 0. The van der Waals surface area contributed by atoms with E-state index in [1.165, 1.54) is 18.7 Å². The summed E-state index contributed by atoms with van der Waals surface area (Å²) in [6.45, 7) is 2.61. The molecule has 0 aliphatic rings. The van der Waals surface area contributed by atoms with Gasteiger partial charge in [-0.25, -0.2) is 15.0 Å². The third kappa shape index (κ3) is 3.59. The molecule has 1 amide bonds. The highest BCUT2D eigenvalue weighted by Gasteiger charge is 2.05. The van der Waals surface area contributed by atoms with Gasteiger partial charge in [-0.3, -0.25) is 4.79 Å². The third-order valence-electron chi connectivity index (χ3n) is 2.34. The zero-order valence-corrected chi connectivity index (χ0v) is 10.9. The number of nitrogens with one attached hydrogen (secondary N) is 1. The molecule has 0 spiro atoms. The molecule has 0 radical (unpaired) electrons. The highest BCUT2D eigenvalue weighted by molar-refractivity contribution is 7.09. The van der Waals surface area contributed by atoms with Crippen LogP contribution in [-0.2, 0) is 6.42 Å². The number of aryl methyl sites for hydroxylation is 2. The van der Waals surface area contributed by atoms with Crippen molar-refractivity contribution in [1.82, 2.24) is 20.3 Å². The largest absolute Gasteiger partial charge is 0.352 e. The molecule has 0 fully saturated rings. The first-order chi connectivity index (χ1) is 8.75. The van der Waals surface area contributed by atoms with Gasteiger partial charge in [0, 0.05) is 36.4 Å². The second-order valence-electron chi connectivity index (χ2n) is 3.87. The van der Waals surface area contributed by atoms with Crippen LogP contribution in [0.4, 0.5) is 0 Å². The van der Waals surface area contributed by atoms with Crippen LogP contribution in [0, 0.1) is 6.92 Å². The zero-order valence-electron chi connectivity index (χ0n) is 10.1. The van der Waals surface area contributed by atoms with Crippen molar-refractivity contribution in [1.29, 1.82) is 0 Å². The van der Waals surface area contributed by atoms with Crippen LogP contribution in [0.15, 0.2) is 24.1 Å². The summed E-state index contributed by atoms with van der Waals surface area (Å²) in [6.07, 6.45) is 6.19. The highest BCUT2D eigenvalue weighted by Crippen LogP contribution is 2.10. The SMILES string of the molecule is Cc1csc(CCCNC(=O)c2cncnc2)n1. The molecule has 2 aromatic rings. The van der Waals surface area contributed by atoms with Crippen LogP contribution in [-0.4, -0.2) is 27.4 Å². The molecule has 0 saturated carbocycles. The van der Waals surface area contributed by atoms with E-state index in [1.54, 1.807) is 11.3 Å². The topological polar surface area (TPSA) is 67.8 Å². The number of thiazole rings is 1. The Kier molecular flexibility index (Phi) is 4.35. The lowest BCUT2D eigenvalue weighted by molar-refractivity contribution is 0.0952. The van der Waals surface area contributed by atoms with E-state index in [1.807, 2.05) is 12.3 Å². The average Bonchev–Trinajstić information content (AvgIpc) is 2.81. The first-order valence-corrected chi connectivity index (χ1v) is 6.58. The quantitative estimate of drug-likeness (QED) is 0.831. The Morgan fingerprint density at radius 3 is 2.83 bits per heavy atom. The smallest absolute Gasteiger partial charge is 0.254 e. The van der Waals surface area contributed by atoms with E-state index in [-0.39, 0.29) is 5.91 Å². The van der Waals surface area contributed by atoms with Crippen LogP contribution in [0.25, 0.3) is 0 Å². The maximum absolute atomic E-state index is 11.7. The van der Waals surface area contributed by atoms with Crippen molar-refractivity contribution in [3.8, 4) is 0 Å². The monoisotopic (exact) mass is 262 g/mol. The van der Waals surface area contributed by atoms with Gasteiger partial charge in [0.05, 0.1) is 10.6 Å². The van der Waals surface area contributed by atoms with E-state index in [0.29, 0.717) is 12.1 Å². The predicted molar refractivity (Wildman–Crippen MR) is 69.5 cm³/mol. The van der Waals surface area contributed by atoms with Crippen molar-refractivity contribution >= 4 is 17.2 Å². The van der Waals surface area contributed by atoms with Crippen LogP contribution in [0.3, 0.4) is 0 Å². The van der Waals surface area contributed by atoms with Crippen molar-refractivity contribution < 1.29 is 4.79 Å². The van der Waals surface area contributed by atoms with Gasteiger partial charge >= 0.3 is 0 Å². The van der Waals surface area contributed by atoms with E-state index >= 15 is 0 Å². The lowest BCUT2D eigenvalue weighted by Gasteiger charge is -2.03. The average molecular weight is 262 g/mol. The predicted octanol–water partition coefficient (Wildman–Crippen LogP) is 1.60. The number of amides is 1. The fourth-order valence-corrected chi connectivity index (χ4v) is 2.30. The number of nitrogens with zero attached hydrogens (tertiary/aromatic N) is 3. The molecule has 94 valence electrons. The summed E-state index contributed by atoms with van der Waals surface area (Å²) >= 11 is 1.66. The second kappa shape index (κ2) is 6.20. The Hall–Kier alpha value is -1.82. The van der Waals surface area contributed by atoms with Crippen molar-refractivity contribution in [3.05, 3.63) is 40.4 Å². The fourth-order valence-electron chi connectivity index (χ4n) is 1.48. The lowest BCUT2D eigenvalue weighted by Crippen LogP contribution is -2.25. The Morgan fingerprint density at radius 1 is 1.39 bits per heavy atom. The van der Waals surface area contributed by atoms with Gasteiger partial charge < -0.3 is 5.32 Å². The molecule has 18 heavy (non-hydrogen) atoms. The molecule has 1 N–H and O–H groups in total. The molecule has 2 rings (SSSR count). The lowest BCUT2D eigenvalue weighted by atomic mass is 10.3. The van der Waals surface area contributed by atoms with Crippen LogP contribution in [0.5, 0.6) is 0 Å². The molecule has 0 bridgehead atoms. The van der Waals surface area contributed by atoms with Crippen LogP contribution in [0.2, 0.25) is 0 Å². The number of aromatic nitrogens is 3. The number of rotatable bonds is 5. The molecule has 5 nitrogen and oxygen atoms in total. The minimum Gasteiger partial charge on any atom is -0.352 e. The van der Waals surface area contributed by atoms with Gasteiger partial charge in [0.15, 0.2) is 0 Å². The first-order valence-electron chi connectivity index (χ1n) is 5.70. The first kappa shape index (κ1) is 12.6. The zero-order chi connectivity index (χ0) is 12.8. The van der Waals surface area contributed by atoms with Crippen molar-refractivity contribution in [2.75, 3.05) is 6.54 Å². The van der Waals surface area contributed by atoms with E-state index < -0.39 is 0 Å². The minimum atomic E-state index is -0.133. The van der Waals surface area contributed by atoms with Gasteiger partial charge in [-0.2, -0.15) is 0 Å². The summed E-state index contributed by atoms with van der Waals surface area (Å²) in [5.74, 6) is -0.133. The molecule has 2 heterocycles. The summed E-state index contributed by atoms with van der Waals surface area (Å²) in [6, 6.07) is 0. The number of hydrogen-bond donors (Lipinski definition) is 1. The fraction of sp³-hybridized carbons (Fsp3) is 0.333. The Labute approximate surface area is 109 Å². The maximum Gasteiger partial charge on any atom is 0.254 e. The number of hydrogen-bond acceptors (Lipinski definition) is 5. The molecular weight excluding hydrogens is 248 g/mol. The summed E-state index contributed by atoms with van der Waals surface area (Å²) in [5, 5.41) is 5.99. The molecular formula is C12H14N4OS. The van der Waals surface area contributed by atoms with Gasteiger partial charge in [0.2, 0.25) is 0 Å². The van der Waals surface area contributed by atoms with E-state index in [4.69, 9.17) is 0 Å². The van der Waals surface area contributed by atoms with E-state index in [2.05, 4.69) is 20.3 Å². The Bertz CT molecular complexity index is 512. The van der Waals surface area contributed by atoms with Gasteiger partial charge in [-0.1, -0.05) is 0 Å². The Morgan fingerprint density at radius 2 is 2.17 bits per heavy atom. The molecule has 0 unspecified atom stereocenters. The molecule has 0 aromatic carbocycles. The molecule has 0 atom stereocenters. The van der Waals surface area contributed by atoms with E-state index in [0.717, 1.165) is 23.5 Å². The van der Waals surface area contributed by atoms with Gasteiger partial charge in [0.1, 0.15) is 6.33 Å². The Balaban J connectivity index is 1.71. The maximum atomic E-state index is 11.7. The van der Waals surface area contributed by atoms with Gasteiger partial charge in [-0.15, -0.1) is 11.3 Å². The highest BCUT2D eigenvalue weighted by atomic mass is 32.1. The second-order valence-corrected chi connectivity index (χ2v) is 4.81. The standard InChI is InChI=1S/C12H14N4OS/c1-9-7-18-11(16-9)3-2-4-15-12(17)10-5-13-8-14-6-10/h5-8H,2-4H2,1H3,(H,15,17). The van der Waals surface area contributed by atoms with Crippen molar-refractivity contribution in [3.63, 3.8) is 0 Å². The van der Waals surface area contributed by atoms with Crippen LogP contribution < -0.4 is 5.32 Å². The minimum absolute atomic E-state index is 0.133. The van der Waals surface area contributed by atoms with Crippen LogP contribution in [0.1, 0.15) is 27.5 Å². The van der Waals surface area contributed by atoms with Crippen molar-refractivity contribution in [2.24, 2.45) is 0 Å². The van der Waals surface area contributed by atoms with Crippen LogP contribution >= 0.6 is 11.3 Å². The van der Waals surface area contributed by atoms with E-state index in [9.17, 15) is 4.79 Å².